The molecule has 25 heavy (non-hydrogen) atoms. The van der Waals surface area contributed by atoms with Gasteiger partial charge in [-0.3, -0.25) is 14.5 Å². The zero-order valence-corrected chi connectivity index (χ0v) is 14.5. The number of hydrogen-bond donors (Lipinski definition) is 1. The molecule has 1 aromatic carbocycles. The Kier molecular flexibility index (Phi) is 6.32. The Morgan fingerprint density at radius 3 is 2.80 bits per heavy atom. The van der Waals surface area contributed by atoms with E-state index in [1.165, 1.54) is 18.2 Å². The van der Waals surface area contributed by atoms with Gasteiger partial charge >= 0.3 is 12.6 Å². The summed E-state index contributed by atoms with van der Waals surface area (Å²) in [4.78, 5) is 24.1. The normalized spacial score (nSPS) is 16.0. The van der Waals surface area contributed by atoms with E-state index in [9.17, 15) is 18.4 Å². The predicted octanol–water partition coefficient (Wildman–Crippen LogP) is 2.97. The van der Waals surface area contributed by atoms with E-state index in [0.29, 0.717) is 0 Å². The number of amides is 1. The van der Waals surface area contributed by atoms with E-state index in [-0.39, 0.29) is 32.9 Å². The molecule has 1 amide bonds. The number of para-hydroxylation sites is 1. The topological polar surface area (TPSA) is 76.1 Å². The minimum atomic E-state index is -3.07. The first-order valence-corrected chi connectivity index (χ1v) is 8.23. The third kappa shape index (κ3) is 4.67. The molecule has 0 saturated carbocycles. The van der Waals surface area contributed by atoms with Crippen LogP contribution < -0.4 is 9.47 Å². The molecule has 0 radical (unpaired) electrons. The fourth-order valence-electron chi connectivity index (χ4n) is 2.04. The summed E-state index contributed by atoms with van der Waals surface area (Å²) in [6, 6.07) is 4.51. The lowest BCUT2D eigenvalue weighted by Gasteiger charge is -2.14. The van der Waals surface area contributed by atoms with E-state index in [4.69, 9.17) is 22.1 Å². The van der Waals surface area contributed by atoms with Gasteiger partial charge in [-0.15, -0.1) is 0 Å². The lowest BCUT2D eigenvalue weighted by Crippen LogP contribution is -2.33. The lowest BCUT2D eigenvalue weighted by molar-refractivity contribution is -0.140. The number of hydrogen-bond acceptors (Lipinski definition) is 6. The number of alkyl halides is 2. The van der Waals surface area contributed by atoms with Crippen molar-refractivity contribution < 1.29 is 33.0 Å². The molecule has 1 heterocycles. The monoisotopic (exact) mass is 389 g/mol. The molecule has 6 nitrogen and oxygen atoms in total. The summed E-state index contributed by atoms with van der Waals surface area (Å²) in [5.74, 6) is -1.92. The minimum Gasteiger partial charge on any atom is -0.490 e. The van der Waals surface area contributed by atoms with Crippen molar-refractivity contribution in [3.05, 3.63) is 28.7 Å². The van der Waals surface area contributed by atoms with Gasteiger partial charge in [-0.25, -0.2) is 0 Å². The molecule has 1 aliphatic rings. The molecule has 0 bridgehead atoms. The van der Waals surface area contributed by atoms with Crippen molar-refractivity contribution >= 4 is 46.3 Å². The SMILES string of the molecule is CCOc1cccc(/C=C2\SC(=S)N(CC(=O)O)C2=O)c1OC(F)F. The molecule has 2 rings (SSSR count). The second-order valence-electron chi connectivity index (χ2n) is 4.65. The maximum atomic E-state index is 12.7. The number of thioether (sulfide) groups is 1. The van der Waals surface area contributed by atoms with Crippen LogP contribution in [-0.4, -0.2) is 46.0 Å². The van der Waals surface area contributed by atoms with Gasteiger partial charge in [0.1, 0.15) is 10.9 Å². The first kappa shape index (κ1) is 19.1. The molecule has 1 fully saturated rings. The van der Waals surface area contributed by atoms with Crippen LogP contribution in [-0.2, 0) is 9.59 Å². The minimum absolute atomic E-state index is 0.0796. The largest absolute Gasteiger partial charge is 0.490 e. The van der Waals surface area contributed by atoms with Crippen molar-refractivity contribution in [1.29, 1.82) is 0 Å². The fraction of sp³-hybridized carbons (Fsp3) is 0.267. The average molecular weight is 389 g/mol. The summed E-state index contributed by atoms with van der Waals surface area (Å²) < 4.78 is 35.3. The number of ether oxygens (including phenoxy) is 2. The van der Waals surface area contributed by atoms with Crippen LogP contribution in [0.25, 0.3) is 6.08 Å². The van der Waals surface area contributed by atoms with Gasteiger partial charge in [0.15, 0.2) is 11.5 Å². The quantitative estimate of drug-likeness (QED) is 0.568. The van der Waals surface area contributed by atoms with Gasteiger partial charge in [0, 0.05) is 5.56 Å². The Balaban J connectivity index is 2.40. The number of thiocarbonyl (C=S) groups is 1. The van der Waals surface area contributed by atoms with E-state index < -0.39 is 25.0 Å². The molecular formula is C15H13F2NO5S2. The van der Waals surface area contributed by atoms with Gasteiger partial charge in [0.2, 0.25) is 0 Å². The highest BCUT2D eigenvalue weighted by Crippen LogP contribution is 2.38. The van der Waals surface area contributed by atoms with Crippen LogP contribution >= 0.6 is 24.0 Å². The molecule has 10 heteroatoms. The van der Waals surface area contributed by atoms with E-state index >= 15 is 0 Å². The Hall–Kier alpha value is -2.20. The first-order valence-electron chi connectivity index (χ1n) is 7.01. The van der Waals surface area contributed by atoms with Crippen LogP contribution in [0.3, 0.4) is 0 Å². The number of carbonyl (C=O) groups is 2. The molecular weight excluding hydrogens is 376 g/mol. The standard InChI is InChI=1S/C15H13F2NO5S2/c1-2-22-9-5-3-4-8(12(9)23-14(16)17)6-10-13(21)18(7-11(19)20)15(24)25-10/h3-6,14H,2,7H2,1H3,(H,19,20)/b10-6-. The highest BCUT2D eigenvalue weighted by atomic mass is 32.2. The molecule has 0 aromatic heterocycles. The number of aliphatic carboxylic acids is 1. The van der Waals surface area contributed by atoms with Crippen LogP contribution in [0.5, 0.6) is 11.5 Å². The zero-order valence-electron chi connectivity index (χ0n) is 12.9. The van der Waals surface area contributed by atoms with Crippen LogP contribution in [0, 0.1) is 0 Å². The number of carbonyl (C=O) groups excluding carboxylic acids is 1. The van der Waals surface area contributed by atoms with Crippen molar-refractivity contribution in [2.24, 2.45) is 0 Å². The number of halogens is 2. The molecule has 0 spiro atoms. The molecule has 0 unspecified atom stereocenters. The Bertz CT molecular complexity index is 739. The highest BCUT2D eigenvalue weighted by molar-refractivity contribution is 8.26. The summed E-state index contributed by atoms with van der Waals surface area (Å²) in [7, 11) is 0. The van der Waals surface area contributed by atoms with Crippen molar-refractivity contribution in [1.82, 2.24) is 4.90 Å². The van der Waals surface area contributed by atoms with E-state index in [0.717, 1.165) is 16.7 Å². The van der Waals surface area contributed by atoms with Crippen molar-refractivity contribution in [3.8, 4) is 11.5 Å². The smallest absolute Gasteiger partial charge is 0.387 e. The summed E-state index contributed by atoms with van der Waals surface area (Å²) in [6.45, 7) is -1.71. The lowest BCUT2D eigenvalue weighted by atomic mass is 10.1. The summed E-state index contributed by atoms with van der Waals surface area (Å²) in [6.07, 6.45) is 1.32. The number of carboxylic acids is 1. The molecule has 0 aliphatic carbocycles. The summed E-state index contributed by atoms with van der Waals surface area (Å²) >= 11 is 5.87. The van der Waals surface area contributed by atoms with Crippen LogP contribution in [0.15, 0.2) is 23.1 Å². The van der Waals surface area contributed by atoms with Gasteiger partial charge in [-0.05, 0) is 19.1 Å². The van der Waals surface area contributed by atoms with Crippen LogP contribution in [0.2, 0.25) is 0 Å². The fourth-order valence-corrected chi connectivity index (χ4v) is 3.29. The Morgan fingerprint density at radius 1 is 1.48 bits per heavy atom. The first-order chi connectivity index (χ1) is 11.8. The summed E-state index contributed by atoms with van der Waals surface area (Å²) in [5.41, 5.74) is 0.196. The van der Waals surface area contributed by atoms with E-state index in [1.807, 2.05) is 0 Å². The van der Waals surface area contributed by atoms with Gasteiger partial charge in [-0.1, -0.05) is 36.1 Å². The third-order valence-corrected chi connectivity index (χ3v) is 4.35. The predicted molar refractivity (Wildman–Crippen MR) is 91.8 cm³/mol. The van der Waals surface area contributed by atoms with Gasteiger partial charge in [-0.2, -0.15) is 8.78 Å². The number of rotatable bonds is 7. The number of nitrogens with zero attached hydrogens (tertiary/aromatic N) is 1. The van der Waals surface area contributed by atoms with Crippen molar-refractivity contribution in [3.63, 3.8) is 0 Å². The van der Waals surface area contributed by atoms with Gasteiger partial charge < -0.3 is 14.6 Å². The Morgan fingerprint density at radius 2 is 2.20 bits per heavy atom. The molecule has 1 aliphatic heterocycles. The highest BCUT2D eigenvalue weighted by Gasteiger charge is 2.33. The number of carboxylic acid groups (broad SMARTS) is 1. The molecule has 1 aromatic rings. The zero-order chi connectivity index (χ0) is 18.6. The molecule has 0 atom stereocenters. The second kappa shape index (κ2) is 8.26. The Labute approximate surface area is 151 Å². The van der Waals surface area contributed by atoms with E-state index in [2.05, 4.69) is 4.74 Å². The maximum Gasteiger partial charge on any atom is 0.387 e. The van der Waals surface area contributed by atoms with Crippen LogP contribution in [0.1, 0.15) is 12.5 Å². The number of benzene rings is 1. The van der Waals surface area contributed by atoms with Crippen molar-refractivity contribution in [2.75, 3.05) is 13.2 Å². The molecule has 1 saturated heterocycles. The van der Waals surface area contributed by atoms with Crippen LogP contribution in [0.4, 0.5) is 8.78 Å². The van der Waals surface area contributed by atoms with Crippen molar-refractivity contribution in [2.45, 2.75) is 13.5 Å². The van der Waals surface area contributed by atoms with Gasteiger partial charge in [0.05, 0.1) is 11.5 Å². The maximum absolute atomic E-state index is 12.7. The van der Waals surface area contributed by atoms with Gasteiger partial charge in [0.25, 0.3) is 5.91 Å². The third-order valence-electron chi connectivity index (χ3n) is 2.97. The molecule has 1 N–H and O–H groups in total. The van der Waals surface area contributed by atoms with E-state index in [1.54, 1.807) is 13.0 Å². The molecule has 134 valence electrons. The second-order valence-corrected chi connectivity index (χ2v) is 6.32. The average Bonchev–Trinajstić information content (AvgIpc) is 2.77. The summed E-state index contributed by atoms with van der Waals surface area (Å²) in [5, 5.41) is 8.82.